The number of rotatable bonds is 18. The molecular formula is C33H52N2O11. The minimum absolute atomic E-state index is 0.0244. The van der Waals surface area contributed by atoms with E-state index in [4.69, 9.17) is 18.9 Å². The fourth-order valence-electron chi connectivity index (χ4n) is 4.03. The van der Waals surface area contributed by atoms with E-state index in [1.165, 1.54) is 17.9 Å². The van der Waals surface area contributed by atoms with Gasteiger partial charge in [-0.25, -0.2) is 4.79 Å². The predicted octanol–water partition coefficient (Wildman–Crippen LogP) is 3.79. The Bertz CT molecular complexity index is 1090. The number of amides is 2. The topological polar surface area (TPSA) is 178 Å². The van der Waals surface area contributed by atoms with Gasteiger partial charge in [-0.05, 0) is 37.5 Å². The lowest BCUT2D eigenvalue weighted by Crippen LogP contribution is -2.42. The van der Waals surface area contributed by atoms with Crippen LogP contribution in [-0.2, 0) is 40.1 Å². The van der Waals surface area contributed by atoms with Gasteiger partial charge in [-0.3, -0.25) is 19.2 Å². The first-order valence-electron chi connectivity index (χ1n) is 15.8. The highest BCUT2D eigenvalue weighted by atomic mass is 16.7. The van der Waals surface area contributed by atoms with E-state index in [9.17, 15) is 34.2 Å². The third-order valence-electron chi connectivity index (χ3n) is 6.27. The van der Waals surface area contributed by atoms with Gasteiger partial charge in [-0.15, -0.1) is 0 Å². The number of benzene rings is 1. The first kappa shape index (κ1) is 42.0. The zero-order chi connectivity index (χ0) is 34.9. The van der Waals surface area contributed by atoms with Crippen molar-refractivity contribution < 1.29 is 53.1 Å². The summed E-state index contributed by atoms with van der Waals surface area (Å²) >= 11 is 0. The van der Waals surface area contributed by atoms with Crippen molar-refractivity contribution in [2.45, 2.75) is 105 Å². The van der Waals surface area contributed by atoms with E-state index >= 15 is 0 Å². The number of esters is 1. The fraction of sp³-hybridized carbons (Fsp3) is 0.606. The van der Waals surface area contributed by atoms with Crippen molar-refractivity contribution in [3.8, 4) is 11.5 Å². The lowest BCUT2D eigenvalue weighted by atomic mass is 10.1. The van der Waals surface area contributed by atoms with E-state index in [1.807, 2.05) is 27.7 Å². The van der Waals surface area contributed by atoms with Gasteiger partial charge in [0.25, 0.3) is 0 Å². The molecule has 13 nitrogen and oxygen atoms in total. The van der Waals surface area contributed by atoms with Gasteiger partial charge in [0.1, 0.15) is 24.4 Å². The molecule has 13 heteroatoms. The SMILES string of the molecule is CC.CC.CC(=O)OCc1ccc(OC2CC(O)CC(C(=O)O)O2)cc1OCCCNC(=O)CCCCCN(C)C(=O)/C=C\C=O. The first-order chi connectivity index (χ1) is 22.1. The molecule has 0 radical (unpaired) electrons. The van der Waals surface area contributed by atoms with Crippen LogP contribution in [0.4, 0.5) is 0 Å². The molecule has 2 amide bonds. The third-order valence-corrected chi connectivity index (χ3v) is 6.27. The van der Waals surface area contributed by atoms with Crippen LogP contribution < -0.4 is 14.8 Å². The highest BCUT2D eigenvalue weighted by molar-refractivity contribution is 5.90. The lowest BCUT2D eigenvalue weighted by Gasteiger charge is -2.31. The largest absolute Gasteiger partial charge is 0.493 e. The molecule has 260 valence electrons. The number of carbonyl (C=O) groups excluding carboxylic acids is 4. The summed E-state index contributed by atoms with van der Waals surface area (Å²) in [7, 11) is 1.65. The van der Waals surface area contributed by atoms with Gasteiger partial charge in [0.2, 0.25) is 18.1 Å². The molecule has 3 N–H and O–H groups in total. The van der Waals surface area contributed by atoms with Gasteiger partial charge < -0.3 is 39.4 Å². The van der Waals surface area contributed by atoms with Crippen molar-refractivity contribution in [1.29, 1.82) is 0 Å². The van der Waals surface area contributed by atoms with Gasteiger partial charge in [0.15, 0.2) is 6.10 Å². The number of nitrogens with zero attached hydrogens (tertiary/aromatic N) is 1. The average Bonchev–Trinajstić information content (AvgIpc) is 3.04. The standard InChI is InChI=1S/C29H40N2O11.2C2H6/c1-20(33)40-19-21-10-11-23(41-28-17-22(34)16-25(42-28)29(37)38)18-24(21)39-15-7-12-30-26(35)8-4-3-5-13-31(2)27(36)9-6-14-32;2*1-2/h6,9-11,14,18,22,25,28,34H,3-5,7-8,12-13,15-17,19H2,1-2H3,(H,30,35)(H,37,38);2*1-2H3/b9-6-;;. The smallest absolute Gasteiger partial charge is 0.333 e. The molecule has 3 unspecified atom stereocenters. The number of aliphatic hydroxyl groups excluding tert-OH is 1. The Morgan fingerprint density at radius 3 is 2.43 bits per heavy atom. The van der Waals surface area contributed by atoms with Gasteiger partial charge >= 0.3 is 11.9 Å². The van der Waals surface area contributed by atoms with Gasteiger partial charge in [0.05, 0.1) is 12.7 Å². The molecule has 1 aliphatic rings. The zero-order valence-electron chi connectivity index (χ0n) is 28.0. The summed E-state index contributed by atoms with van der Waals surface area (Å²) in [5.74, 6) is -1.27. The molecule has 0 saturated carbocycles. The number of hydrogen-bond donors (Lipinski definition) is 3. The number of carboxylic acids is 1. The second-order valence-corrected chi connectivity index (χ2v) is 9.80. The van der Waals surface area contributed by atoms with Crippen molar-refractivity contribution in [2.24, 2.45) is 0 Å². The molecular weight excluding hydrogens is 600 g/mol. The van der Waals surface area contributed by atoms with Crippen LogP contribution in [-0.4, -0.2) is 90.4 Å². The first-order valence-corrected chi connectivity index (χ1v) is 15.8. The maximum Gasteiger partial charge on any atom is 0.333 e. The Hall–Kier alpha value is -3.97. The van der Waals surface area contributed by atoms with Crippen LogP contribution in [0.1, 0.15) is 85.1 Å². The number of carboxylic acid groups (broad SMARTS) is 1. The molecule has 1 aromatic carbocycles. The van der Waals surface area contributed by atoms with Crippen molar-refractivity contribution in [3.63, 3.8) is 0 Å². The number of carbonyl (C=O) groups is 5. The summed E-state index contributed by atoms with van der Waals surface area (Å²) in [6.07, 6.45) is 3.02. The van der Waals surface area contributed by atoms with Crippen LogP contribution in [0.2, 0.25) is 0 Å². The molecule has 2 rings (SSSR count). The monoisotopic (exact) mass is 652 g/mol. The molecule has 1 aliphatic heterocycles. The molecule has 0 spiro atoms. The summed E-state index contributed by atoms with van der Waals surface area (Å²) in [5.41, 5.74) is 0.585. The summed E-state index contributed by atoms with van der Waals surface area (Å²) in [6, 6.07) is 4.83. The van der Waals surface area contributed by atoms with Gasteiger partial charge in [0, 0.05) is 64.0 Å². The zero-order valence-corrected chi connectivity index (χ0v) is 28.0. The number of nitrogens with one attached hydrogen (secondary N) is 1. The van der Waals surface area contributed by atoms with Crippen LogP contribution in [0.3, 0.4) is 0 Å². The second kappa shape index (κ2) is 25.2. The van der Waals surface area contributed by atoms with E-state index in [0.29, 0.717) is 55.7 Å². The lowest BCUT2D eigenvalue weighted by molar-refractivity contribution is -0.195. The Labute approximate surface area is 272 Å². The van der Waals surface area contributed by atoms with Crippen molar-refractivity contribution in [3.05, 3.63) is 35.9 Å². The second-order valence-electron chi connectivity index (χ2n) is 9.80. The van der Waals surface area contributed by atoms with Crippen LogP contribution in [0, 0.1) is 0 Å². The summed E-state index contributed by atoms with van der Waals surface area (Å²) in [5, 5.41) is 22.0. The Balaban J connectivity index is 0.00000486. The number of unbranched alkanes of at least 4 members (excludes halogenated alkanes) is 2. The molecule has 1 aromatic rings. The molecule has 1 fully saturated rings. The molecule has 0 aliphatic carbocycles. The fourth-order valence-corrected chi connectivity index (χ4v) is 4.03. The average molecular weight is 653 g/mol. The normalized spacial score (nSPS) is 16.9. The molecule has 0 aromatic heterocycles. The Kier molecular flexibility index (Phi) is 23.1. The Morgan fingerprint density at radius 2 is 1.78 bits per heavy atom. The van der Waals surface area contributed by atoms with Crippen molar-refractivity contribution in [2.75, 3.05) is 26.7 Å². The minimum Gasteiger partial charge on any atom is -0.493 e. The van der Waals surface area contributed by atoms with E-state index in [2.05, 4.69) is 5.32 Å². The maximum absolute atomic E-state index is 12.1. The van der Waals surface area contributed by atoms with E-state index < -0.39 is 30.4 Å². The highest BCUT2D eigenvalue weighted by Crippen LogP contribution is 2.29. The number of ether oxygens (including phenoxy) is 4. The van der Waals surface area contributed by atoms with E-state index in [0.717, 1.165) is 18.9 Å². The van der Waals surface area contributed by atoms with Crippen LogP contribution in [0.25, 0.3) is 0 Å². The molecule has 1 saturated heterocycles. The summed E-state index contributed by atoms with van der Waals surface area (Å²) in [6.45, 7) is 10.4. The van der Waals surface area contributed by atoms with Crippen molar-refractivity contribution >= 4 is 30.0 Å². The number of hydrogen-bond acceptors (Lipinski definition) is 10. The van der Waals surface area contributed by atoms with Crippen LogP contribution in [0.5, 0.6) is 11.5 Å². The summed E-state index contributed by atoms with van der Waals surface area (Å²) in [4.78, 5) is 58.2. The summed E-state index contributed by atoms with van der Waals surface area (Å²) < 4.78 is 22.1. The highest BCUT2D eigenvalue weighted by Gasteiger charge is 2.34. The van der Waals surface area contributed by atoms with Crippen LogP contribution >= 0.6 is 0 Å². The number of likely N-dealkylation sites (N-methyl/N-ethyl adjacent to an activating group) is 1. The molecule has 0 bridgehead atoms. The third kappa shape index (κ3) is 18.1. The molecule has 3 atom stereocenters. The quantitative estimate of drug-likeness (QED) is 0.0910. The molecule has 46 heavy (non-hydrogen) atoms. The maximum atomic E-state index is 12.1. The number of aliphatic carboxylic acids is 1. The number of allylic oxidation sites excluding steroid dienone is 1. The van der Waals surface area contributed by atoms with E-state index in [1.54, 1.807) is 25.2 Å². The van der Waals surface area contributed by atoms with E-state index in [-0.39, 0.29) is 37.9 Å². The number of aldehydes is 1. The molecule has 1 heterocycles. The number of aliphatic hydroxyl groups is 1. The Morgan fingerprint density at radius 1 is 1.07 bits per heavy atom. The van der Waals surface area contributed by atoms with Gasteiger partial charge in [-0.2, -0.15) is 0 Å². The van der Waals surface area contributed by atoms with Crippen molar-refractivity contribution in [1.82, 2.24) is 10.2 Å². The van der Waals surface area contributed by atoms with Gasteiger partial charge in [-0.1, -0.05) is 34.1 Å². The predicted molar refractivity (Wildman–Crippen MR) is 171 cm³/mol. The van der Waals surface area contributed by atoms with Crippen LogP contribution in [0.15, 0.2) is 30.4 Å². The minimum atomic E-state index is -1.18.